The number of benzene rings is 6. The van der Waals surface area contributed by atoms with E-state index in [0.29, 0.717) is 0 Å². The molecule has 0 atom stereocenters. The van der Waals surface area contributed by atoms with Crippen LogP contribution in [0.3, 0.4) is 0 Å². The predicted molar refractivity (Wildman–Crippen MR) is 198 cm³/mol. The van der Waals surface area contributed by atoms with E-state index >= 15 is 0 Å². The number of nitrogens with zero attached hydrogens (tertiary/aromatic N) is 4. The van der Waals surface area contributed by atoms with Gasteiger partial charge in [0.25, 0.3) is 0 Å². The first-order valence-corrected chi connectivity index (χ1v) is 16.3. The molecule has 10 rings (SSSR count). The number of nitrogens with one attached hydrogen (secondary N) is 1. The van der Waals surface area contributed by atoms with Gasteiger partial charge in [-0.05, 0) is 72.6 Å². The summed E-state index contributed by atoms with van der Waals surface area (Å²) in [7, 11) is 0. The van der Waals surface area contributed by atoms with Crippen molar-refractivity contribution in [3.63, 3.8) is 0 Å². The molecule has 226 valence electrons. The molecule has 0 radical (unpaired) electrons. The van der Waals surface area contributed by atoms with Crippen molar-refractivity contribution in [2.75, 3.05) is 0 Å². The molecule has 4 aromatic heterocycles. The van der Waals surface area contributed by atoms with E-state index in [1.807, 2.05) is 18.3 Å². The number of pyridine rings is 1. The molecular formula is C43H29N5. The fraction of sp³-hybridized carbons (Fsp3) is 0.0233. The summed E-state index contributed by atoms with van der Waals surface area (Å²) in [5.41, 5.74) is 12.0. The van der Waals surface area contributed by atoms with Gasteiger partial charge in [0, 0.05) is 50.1 Å². The minimum atomic E-state index is 0.900. The first-order valence-electron chi connectivity index (χ1n) is 16.3. The van der Waals surface area contributed by atoms with Crippen LogP contribution in [0.1, 0.15) is 5.56 Å². The summed E-state index contributed by atoms with van der Waals surface area (Å²) in [6.07, 6.45) is 1.85. The van der Waals surface area contributed by atoms with Crippen molar-refractivity contribution >= 4 is 54.6 Å². The van der Waals surface area contributed by atoms with Crippen LogP contribution in [-0.2, 0) is 0 Å². The topological polar surface area (TPSA) is 51.4 Å². The summed E-state index contributed by atoms with van der Waals surface area (Å²) in [6.45, 7) is 2.14. The fourth-order valence-corrected chi connectivity index (χ4v) is 7.47. The van der Waals surface area contributed by atoms with Crippen LogP contribution in [0.2, 0.25) is 0 Å². The molecule has 0 aliphatic heterocycles. The highest BCUT2D eigenvalue weighted by atomic mass is 15.1. The molecule has 0 bridgehead atoms. The van der Waals surface area contributed by atoms with E-state index in [0.717, 1.165) is 67.1 Å². The van der Waals surface area contributed by atoms with Gasteiger partial charge in [0.15, 0.2) is 0 Å². The Bertz CT molecular complexity index is 2850. The number of imidazole rings is 1. The zero-order chi connectivity index (χ0) is 31.8. The van der Waals surface area contributed by atoms with Gasteiger partial charge in [-0.15, -0.1) is 0 Å². The number of fused-ring (bicyclic) bond motifs is 7. The van der Waals surface area contributed by atoms with Crippen molar-refractivity contribution in [3.8, 4) is 34.0 Å². The van der Waals surface area contributed by atoms with Gasteiger partial charge in [-0.3, -0.25) is 9.13 Å². The maximum absolute atomic E-state index is 5.51. The Morgan fingerprint density at radius 1 is 0.542 bits per heavy atom. The smallest absolute Gasteiger partial charge is 0.147 e. The average Bonchev–Trinajstić information content (AvgIpc) is 3.81. The average molecular weight is 616 g/mol. The molecule has 1 N–H and O–H groups in total. The molecule has 5 heteroatoms. The van der Waals surface area contributed by atoms with Gasteiger partial charge in [0.1, 0.15) is 11.6 Å². The lowest BCUT2D eigenvalue weighted by molar-refractivity contribution is 1.08. The third kappa shape index (κ3) is 3.91. The van der Waals surface area contributed by atoms with Crippen LogP contribution in [-0.4, -0.2) is 24.1 Å². The molecule has 0 fully saturated rings. The van der Waals surface area contributed by atoms with Crippen molar-refractivity contribution in [1.29, 1.82) is 0 Å². The van der Waals surface area contributed by atoms with Crippen LogP contribution >= 0.6 is 0 Å². The number of rotatable bonds is 4. The quantitative estimate of drug-likeness (QED) is 0.214. The summed E-state index contributed by atoms with van der Waals surface area (Å²) in [5.74, 6) is 1.81. The molecule has 0 saturated carbocycles. The van der Waals surface area contributed by atoms with E-state index in [1.54, 1.807) is 0 Å². The highest BCUT2D eigenvalue weighted by Gasteiger charge is 2.21. The van der Waals surface area contributed by atoms with Crippen molar-refractivity contribution in [2.45, 2.75) is 6.92 Å². The van der Waals surface area contributed by atoms with Gasteiger partial charge in [-0.2, -0.15) is 0 Å². The molecule has 0 aliphatic carbocycles. The summed E-state index contributed by atoms with van der Waals surface area (Å²) in [4.78, 5) is 14.0. The fourth-order valence-electron chi connectivity index (χ4n) is 7.47. The first-order chi connectivity index (χ1) is 23.7. The molecule has 48 heavy (non-hydrogen) atoms. The third-order valence-corrected chi connectivity index (χ3v) is 9.59. The van der Waals surface area contributed by atoms with Crippen molar-refractivity contribution in [2.24, 2.45) is 0 Å². The maximum Gasteiger partial charge on any atom is 0.147 e. The molecular weight excluding hydrogens is 587 g/mol. The van der Waals surface area contributed by atoms with E-state index < -0.39 is 0 Å². The number of hydrogen-bond acceptors (Lipinski definition) is 2. The van der Waals surface area contributed by atoms with E-state index in [1.165, 1.54) is 27.1 Å². The van der Waals surface area contributed by atoms with Crippen LogP contribution < -0.4 is 0 Å². The second-order valence-electron chi connectivity index (χ2n) is 12.5. The summed E-state index contributed by atoms with van der Waals surface area (Å²) < 4.78 is 4.58. The zero-order valence-electron chi connectivity index (χ0n) is 26.2. The number of hydrogen-bond donors (Lipinski definition) is 1. The lowest BCUT2D eigenvalue weighted by Gasteiger charge is -2.11. The minimum Gasteiger partial charge on any atom is -0.354 e. The highest BCUT2D eigenvalue weighted by Crippen LogP contribution is 2.40. The zero-order valence-corrected chi connectivity index (χ0v) is 26.2. The Labute approximate surface area is 276 Å². The van der Waals surface area contributed by atoms with Crippen molar-refractivity contribution in [1.82, 2.24) is 24.1 Å². The van der Waals surface area contributed by atoms with Gasteiger partial charge in [-0.25, -0.2) is 9.97 Å². The molecule has 0 saturated heterocycles. The van der Waals surface area contributed by atoms with Gasteiger partial charge in [0.2, 0.25) is 0 Å². The Kier molecular flexibility index (Phi) is 5.72. The lowest BCUT2D eigenvalue weighted by atomic mass is 10.0. The molecule has 0 spiro atoms. The molecule has 4 heterocycles. The first kappa shape index (κ1) is 26.7. The van der Waals surface area contributed by atoms with Crippen LogP contribution in [0, 0.1) is 6.92 Å². The van der Waals surface area contributed by atoms with Gasteiger partial charge < -0.3 is 4.98 Å². The summed E-state index contributed by atoms with van der Waals surface area (Å²) >= 11 is 0. The molecule has 0 unspecified atom stereocenters. The van der Waals surface area contributed by atoms with Gasteiger partial charge in [0.05, 0.1) is 27.6 Å². The molecule has 6 aromatic carbocycles. The van der Waals surface area contributed by atoms with Gasteiger partial charge in [-0.1, -0.05) is 91.0 Å². The third-order valence-electron chi connectivity index (χ3n) is 9.59. The Hall–Kier alpha value is -6.46. The van der Waals surface area contributed by atoms with Gasteiger partial charge >= 0.3 is 0 Å². The molecule has 5 nitrogen and oxygen atoms in total. The van der Waals surface area contributed by atoms with E-state index in [-0.39, 0.29) is 0 Å². The largest absolute Gasteiger partial charge is 0.354 e. The second kappa shape index (κ2) is 10.3. The summed E-state index contributed by atoms with van der Waals surface area (Å²) in [5, 5.41) is 4.81. The van der Waals surface area contributed by atoms with E-state index in [9.17, 15) is 0 Å². The number of para-hydroxylation sites is 4. The predicted octanol–water partition coefficient (Wildman–Crippen LogP) is 10.8. The number of aromatic nitrogens is 5. The van der Waals surface area contributed by atoms with E-state index in [2.05, 4.69) is 155 Å². The van der Waals surface area contributed by atoms with Crippen LogP contribution in [0.4, 0.5) is 0 Å². The molecule has 0 amide bonds. The SMILES string of the molecule is Cc1cccc(-n2c(-c3cccc4c3[nH]c3ccccc34)nc3c(-c4ccc5c6ccccc6n(-c6ccccn6)c5c4)cccc32)c1. The minimum absolute atomic E-state index is 0.900. The number of aryl methyl sites for hydroxylation is 1. The molecule has 0 aliphatic rings. The molecule has 10 aromatic rings. The normalized spacial score (nSPS) is 11.9. The number of H-pyrrole nitrogens is 1. The van der Waals surface area contributed by atoms with Crippen LogP contribution in [0.15, 0.2) is 152 Å². The Morgan fingerprint density at radius 2 is 1.29 bits per heavy atom. The maximum atomic E-state index is 5.51. The Morgan fingerprint density at radius 3 is 2.19 bits per heavy atom. The summed E-state index contributed by atoms with van der Waals surface area (Å²) in [6, 6.07) is 51.6. The second-order valence-corrected chi connectivity index (χ2v) is 12.5. The standard InChI is InChI=1S/C43H29N5/c1-27-11-8-12-29(25-27)47-38-20-10-15-30(42(38)46-43(47)35-17-9-16-34-31-13-2-4-18-36(31)45-41(34)35)28-22-23-33-32-14-3-5-19-37(32)48(39(33)26-28)40-21-6-7-24-44-40/h2-26,45H,1H3. The van der Waals surface area contributed by atoms with Crippen molar-refractivity contribution < 1.29 is 0 Å². The van der Waals surface area contributed by atoms with Crippen molar-refractivity contribution in [3.05, 3.63) is 157 Å². The highest BCUT2D eigenvalue weighted by molar-refractivity contribution is 6.13. The van der Waals surface area contributed by atoms with Crippen LogP contribution in [0.25, 0.3) is 88.7 Å². The Balaban J connectivity index is 1.27. The lowest BCUT2D eigenvalue weighted by Crippen LogP contribution is -1.98. The monoisotopic (exact) mass is 615 g/mol. The van der Waals surface area contributed by atoms with Crippen LogP contribution in [0.5, 0.6) is 0 Å². The number of aromatic amines is 1. The van der Waals surface area contributed by atoms with E-state index in [4.69, 9.17) is 9.97 Å².